The van der Waals surface area contributed by atoms with Crippen molar-refractivity contribution in [2.24, 2.45) is 0 Å². The lowest BCUT2D eigenvalue weighted by atomic mass is 9.99. The molecule has 7 unspecified atom stereocenters. The highest BCUT2D eigenvalue weighted by atomic mass is 16.7. The number of aliphatic hydroxyl groups is 5. The molecule has 306 valence electrons. The summed E-state index contributed by atoms with van der Waals surface area (Å²) in [6.45, 7) is 3.73. The summed E-state index contributed by atoms with van der Waals surface area (Å²) in [5.74, 6) is -0.187. The molecule has 1 amide bonds. The third kappa shape index (κ3) is 24.9. The second-order valence-corrected chi connectivity index (χ2v) is 15.1. The zero-order chi connectivity index (χ0) is 38.1. The molecule has 0 aromatic rings. The topological polar surface area (TPSA) is 149 Å². The van der Waals surface area contributed by atoms with E-state index in [9.17, 15) is 30.3 Å². The number of hydrogen-bond donors (Lipinski definition) is 6. The summed E-state index contributed by atoms with van der Waals surface area (Å²) in [6, 6.07) is -0.815. The summed E-state index contributed by atoms with van der Waals surface area (Å²) in [4.78, 5) is 12.9. The van der Waals surface area contributed by atoms with Gasteiger partial charge in [0.1, 0.15) is 24.4 Å². The van der Waals surface area contributed by atoms with Crippen LogP contribution in [-0.2, 0) is 14.3 Å². The van der Waals surface area contributed by atoms with E-state index in [1.165, 1.54) is 128 Å². The monoisotopic (exact) mass is 740 g/mol. The van der Waals surface area contributed by atoms with Crippen LogP contribution in [0.2, 0.25) is 0 Å². The number of aliphatic hydroxyl groups excluding tert-OH is 5. The van der Waals surface area contributed by atoms with E-state index in [-0.39, 0.29) is 12.5 Å². The molecule has 1 fully saturated rings. The quantitative estimate of drug-likeness (QED) is 0.0281. The van der Waals surface area contributed by atoms with Crippen molar-refractivity contribution in [2.75, 3.05) is 13.2 Å². The summed E-state index contributed by atoms with van der Waals surface area (Å²) in [7, 11) is 0. The molecule has 0 bridgehead atoms. The van der Waals surface area contributed by atoms with Crippen LogP contribution in [0.25, 0.3) is 0 Å². The Morgan fingerprint density at radius 3 is 1.62 bits per heavy atom. The van der Waals surface area contributed by atoms with Gasteiger partial charge in [0.25, 0.3) is 0 Å². The van der Waals surface area contributed by atoms with E-state index in [2.05, 4.69) is 31.3 Å². The van der Waals surface area contributed by atoms with Gasteiger partial charge in [0.05, 0.1) is 25.4 Å². The number of allylic oxidation sites excluding steroid dienone is 3. The molecule has 0 radical (unpaired) electrons. The van der Waals surface area contributed by atoms with Gasteiger partial charge in [-0.25, -0.2) is 0 Å². The van der Waals surface area contributed by atoms with Crippen molar-refractivity contribution in [1.29, 1.82) is 0 Å². The first-order valence-electron chi connectivity index (χ1n) is 21.6. The SMILES string of the molecule is CCCCCCC/C=C/CC/C=C/C(O)C(COC1OC(CO)C(O)C(O)C1O)NC(=O)CCCCCCCCCCCCCCCCCCCC. The highest BCUT2D eigenvalue weighted by Gasteiger charge is 2.44. The van der Waals surface area contributed by atoms with Gasteiger partial charge in [0.15, 0.2) is 6.29 Å². The third-order valence-corrected chi connectivity index (χ3v) is 10.3. The van der Waals surface area contributed by atoms with Crippen molar-refractivity contribution < 1.29 is 39.8 Å². The fourth-order valence-corrected chi connectivity index (χ4v) is 6.76. The maximum atomic E-state index is 12.9. The van der Waals surface area contributed by atoms with Crippen LogP contribution < -0.4 is 5.32 Å². The Morgan fingerprint density at radius 1 is 0.635 bits per heavy atom. The molecule has 6 N–H and O–H groups in total. The maximum Gasteiger partial charge on any atom is 0.220 e. The van der Waals surface area contributed by atoms with Crippen molar-refractivity contribution >= 4 is 5.91 Å². The lowest BCUT2D eigenvalue weighted by Crippen LogP contribution is -2.60. The minimum absolute atomic E-state index is 0.187. The van der Waals surface area contributed by atoms with Crippen LogP contribution in [0.1, 0.15) is 187 Å². The molecule has 0 aromatic heterocycles. The van der Waals surface area contributed by atoms with Gasteiger partial charge in [0, 0.05) is 6.42 Å². The lowest BCUT2D eigenvalue weighted by molar-refractivity contribution is -0.302. The molecule has 9 heteroatoms. The number of rotatable bonds is 35. The normalized spacial score (nSPS) is 22.0. The van der Waals surface area contributed by atoms with E-state index in [0.717, 1.165) is 38.5 Å². The van der Waals surface area contributed by atoms with Gasteiger partial charge in [-0.15, -0.1) is 0 Å². The van der Waals surface area contributed by atoms with E-state index in [0.29, 0.717) is 6.42 Å². The Hall–Kier alpha value is -1.33. The Labute approximate surface area is 318 Å². The highest BCUT2D eigenvalue weighted by molar-refractivity contribution is 5.76. The van der Waals surface area contributed by atoms with Gasteiger partial charge in [0.2, 0.25) is 5.91 Å². The Morgan fingerprint density at radius 2 is 1.10 bits per heavy atom. The minimum Gasteiger partial charge on any atom is -0.394 e. The molecule has 1 aliphatic rings. The number of nitrogens with one attached hydrogen (secondary N) is 1. The van der Waals surface area contributed by atoms with Crippen molar-refractivity contribution in [3.05, 3.63) is 24.3 Å². The van der Waals surface area contributed by atoms with E-state index in [1.54, 1.807) is 6.08 Å². The molecule has 1 heterocycles. The number of hydrogen-bond acceptors (Lipinski definition) is 8. The molecule has 0 aliphatic carbocycles. The molecule has 52 heavy (non-hydrogen) atoms. The van der Waals surface area contributed by atoms with Crippen molar-refractivity contribution in [3.8, 4) is 0 Å². The number of carbonyl (C=O) groups excluding carboxylic acids is 1. The predicted molar refractivity (Wildman–Crippen MR) is 212 cm³/mol. The molecule has 1 saturated heterocycles. The van der Waals surface area contributed by atoms with Crippen molar-refractivity contribution in [1.82, 2.24) is 5.32 Å². The molecular weight excluding hydrogens is 658 g/mol. The molecule has 1 aliphatic heterocycles. The molecule has 9 nitrogen and oxygen atoms in total. The molecular formula is C43H81NO8. The molecule has 7 atom stereocenters. The first-order chi connectivity index (χ1) is 25.3. The van der Waals surface area contributed by atoms with Crippen LogP contribution in [0.15, 0.2) is 24.3 Å². The van der Waals surface area contributed by atoms with Crippen LogP contribution in [0.5, 0.6) is 0 Å². The van der Waals surface area contributed by atoms with Gasteiger partial charge in [-0.05, 0) is 32.1 Å². The summed E-state index contributed by atoms with van der Waals surface area (Å²) < 4.78 is 11.2. The van der Waals surface area contributed by atoms with E-state index >= 15 is 0 Å². The van der Waals surface area contributed by atoms with Gasteiger partial charge in [-0.3, -0.25) is 4.79 Å². The first kappa shape index (κ1) is 48.7. The highest BCUT2D eigenvalue weighted by Crippen LogP contribution is 2.22. The summed E-state index contributed by atoms with van der Waals surface area (Å²) in [5.41, 5.74) is 0. The minimum atomic E-state index is -1.57. The van der Waals surface area contributed by atoms with Crippen LogP contribution in [-0.4, -0.2) is 87.5 Å². The van der Waals surface area contributed by atoms with E-state index < -0.39 is 49.5 Å². The van der Waals surface area contributed by atoms with Crippen LogP contribution in [0, 0.1) is 0 Å². The number of ether oxygens (including phenoxy) is 2. The Bertz CT molecular complexity index is 868. The molecule has 0 aromatic carbocycles. The predicted octanol–water partition coefficient (Wildman–Crippen LogP) is 8.33. The standard InChI is InChI=1S/C43H81NO8/c1-3-5-7-9-11-13-15-16-17-18-19-20-21-23-25-27-29-31-33-39(47)44-36(35-51-43-42(50)41(49)40(48)38(34-45)52-43)37(46)32-30-28-26-24-22-14-12-10-8-6-4-2/h22,24,30,32,36-38,40-43,45-46,48-50H,3-21,23,25-29,31,33-35H2,1-2H3,(H,44,47)/b24-22+,32-30+. The van der Waals surface area contributed by atoms with E-state index in [4.69, 9.17) is 9.47 Å². The molecule has 1 rings (SSSR count). The van der Waals surface area contributed by atoms with Gasteiger partial charge < -0.3 is 40.3 Å². The number of amides is 1. The Balaban J connectivity index is 2.36. The van der Waals surface area contributed by atoms with Crippen molar-refractivity contribution in [2.45, 2.75) is 230 Å². The fraction of sp³-hybridized carbons (Fsp3) is 0.884. The zero-order valence-corrected chi connectivity index (χ0v) is 33.3. The van der Waals surface area contributed by atoms with Gasteiger partial charge in [-0.1, -0.05) is 173 Å². The maximum absolute atomic E-state index is 12.9. The second-order valence-electron chi connectivity index (χ2n) is 15.1. The van der Waals surface area contributed by atoms with Crippen molar-refractivity contribution in [3.63, 3.8) is 0 Å². The fourth-order valence-electron chi connectivity index (χ4n) is 6.76. The largest absolute Gasteiger partial charge is 0.394 e. The Kier molecular flexibility index (Phi) is 32.0. The van der Waals surface area contributed by atoms with Crippen LogP contribution >= 0.6 is 0 Å². The molecule has 0 spiro atoms. The summed E-state index contributed by atoms with van der Waals surface area (Å²) in [5, 5.41) is 54.0. The zero-order valence-electron chi connectivity index (χ0n) is 33.3. The van der Waals surface area contributed by atoms with Gasteiger partial charge in [-0.2, -0.15) is 0 Å². The van der Waals surface area contributed by atoms with Crippen LogP contribution in [0.4, 0.5) is 0 Å². The van der Waals surface area contributed by atoms with Gasteiger partial charge >= 0.3 is 0 Å². The number of unbranched alkanes of at least 4 members (excludes halogenated alkanes) is 23. The average Bonchev–Trinajstić information content (AvgIpc) is 3.14. The third-order valence-electron chi connectivity index (χ3n) is 10.3. The molecule has 0 saturated carbocycles. The lowest BCUT2D eigenvalue weighted by Gasteiger charge is -2.40. The first-order valence-corrected chi connectivity index (χ1v) is 21.6. The average molecular weight is 740 g/mol. The second kappa shape index (κ2) is 34.2. The summed E-state index contributed by atoms with van der Waals surface area (Å²) >= 11 is 0. The summed E-state index contributed by atoms with van der Waals surface area (Å²) in [6.07, 6.45) is 32.3. The smallest absolute Gasteiger partial charge is 0.220 e. The number of carbonyl (C=O) groups is 1. The van der Waals surface area contributed by atoms with E-state index in [1.807, 2.05) is 6.08 Å². The van der Waals surface area contributed by atoms with Crippen LogP contribution in [0.3, 0.4) is 0 Å².